The van der Waals surface area contributed by atoms with E-state index in [0.717, 1.165) is 41.9 Å². The lowest BCUT2D eigenvalue weighted by Crippen LogP contribution is -2.41. The number of aryl methyl sites for hydroxylation is 1. The van der Waals surface area contributed by atoms with Crippen LogP contribution in [0.15, 0.2) is 29.6 Å². The first-order valence-corrected chi connectivity index (χ1v) is 9.04. The normalized spacial score (nSPS) is 21.1. The number of nitrogens with zero attached hydrogens (tertiary/aromatic N) is 1. The molecular weight excluding hydrogens is 306 g/mol. The maximum Gasteiger partial charge on any atom is 0.226 e. The number of thiazole rings is 1. The molecule has 3 N–H and O–H groups in total. The van der Waals surface area contributed by atoms with Gasteiger partial charge in [0.25, 0.3) is 0 Å². The number of rotatable bonds is 4. The summed E-state index contributed by atoms with van der Waals surface area (Å²) in [6, 6.07) is 8.89. The van der Waals surface area contributed by atoms with E-state index >= 15 is 0 Å². The predicted molar refractivity (Wildman–Crippen MR) is 94.4 cm³/mol. The predicted octanol–water partition coefficient (Wildman–Crippen LogP) is 3.05. The molecule has 0 saturated heterocycles. The fourth-order valence-electron chi connectivity index (χ4n) is 2.92. The van der Waals surface area contributed by atoms with Gasteiger partial charge in [0.05, 0.1) is 12.1 Å². The van der Waals surface area contributed by atoms with Gasteiger partial charge in [-0.15, -0.1) is 11.3 Å². The van der Waals surface area contributed by atoms with E-state index in [4.69, 9.17) is 5.73 Å². The van der Waals surface area contributed by atoms with E-state index in [1.54, 1.807) is 11.3 Å². The van der Waals surface area contributed by atoms with Crippen molar-refractivity contribution in [2.75, 3.05) is 0 Å². The van der Waals surface area contributed by atoms with Crippen molar-refractivity contribution in [1.29, 1.82) is 0 Å². The molecule has 1 aromatic heterocycles. The summed E-state index contributed by atoms with van der Waals surface area (Å²) < 4.78 is 0. The lowest BCUT2D eigenvalue weighted by molar-refractivity contribution is -0.121. The molecule has 1 aliphatic carbocycles. The molecule has 3 rings (SSSR count). The number of carbonyl (C=O) groups excluding carboxylic acids is 1. The van der Waals surface area contributed by atoms with E-state index in [1.165, 1.54) is 5.56 Å². The lowest BCUT2D eigenvalue weighted by Gasteiger charge is -2.26. The fourth-order valence-corrected chi connectivity index (χ4v) is 3.75. The summed E-state index contributed by atoms with van der Waals surface area (Å²) in [5.41, 5.74) is 9.08. The molecule has 5 heteroatoms. The standard InChI is InChI=1S/C18H23N3OS/c1-12-2-4-13(5-3-12)18-21-16(11-23-18)10-17(22)20-15-8-6-14(19)7-9-15/h2-5,11,14-15H,6-10,19H2,1H3,(H,20,22). The quantitative estimate of drug-likeness (QED) is 0.906. The van der Waals surface area contributed by atoms with Crippen LogP contribution in [-0.2, 0) is 11.2 Å². The Hall–Kier alpha value is -1.72. The number of carbonyl (C=O) groups is 1. The van der Waals surface area contributed by atoms with Crippen molar-refractivity contribution in [2.24, 2.45) is 5.73 Å². The summed E-state index contributed by atoms with van der Waals surface area (Å²) in [7, 11) is 0. The van der Waals surface area contributed by atoms with E-state index in [0.29, 0.717) is 12.5 Å². The largest absolute Gasteiger partial charge is 0.353 e. The van der Waals surface area contributed by atoms with Crippen molar-refractivity contribution in [3.63, 3.8) is 0 Å². The van der Waals surface area contributed by atoms with Crippen LogP contribution in [0.2, 0.25) is 0 Å². The molecule has 0 atom stereocenters. The van der Waals surface area contributed by atoms with Crippen LogP contribution >= 0.6 is 11.3 Å². The first kappa shape index (κ1) is 16.1. The minimum absolute atomic E-state index is 0.0613. The highest BCUT2D eigenvalue weighted by atomic mass is 32.1. The zero-order valence-corrected chi connectivity index (χ0v) is 14.2. The van der Waals surface area contributed by atoms with Crippen LogP contribution in [0.3, 0.4) is 0 Å². The van der Waals surface area contributed by atoms with E-state index < -0.39 is 0 Å². The molecule has 0 spiro atoms. The molecule has 23 heavy (non-hydrogen) atoms. The van der Waals surface area contributed by atoms with Crippen LogP contribution in [0.5, 0.6) is 0 Å². The van der Waals surface area contributed by atoms with Gasteiger partial charge in [-0.2, -0.15) is 0 Å². The second kappa shape index (κ2) is 7.23. The number of hydrogen-bond donors (Lipinski definition) is 2. The smallest absolute Gasteiger partial charge is 0.226 e. The van der Waals surface area contributed by atoms with Crippen molar-refractivity contribution >= 4 is 17.2 Å². The van der Waals surface area contributed by atoms with Crippen LogP contribution in [0.4, 0.5) is 0 Å². The average Bonchev–Trinajstić information content (AvgIpc) is 2.98. The molecule has 1 fully saturated rings. The van der Waals surface area contributed by atoms with Gasteiger partial charge in [0, 0.05) is 23.0 Å². The highest BCUT2D eigenvalue weighted by Crippen LogP contribution is 2.24. The number of amides is 1. The Morgan fingerprint density at radius 3 is 2.65 bits per heavy atom. The molecule has 1 heterocycles. The number of aromatic nitrogens is 1. The fraction of sp³-hybridized carbons (Fsp3) is 0.444. The summed E-state index contributed by atoms with van der Waals surface area (Å²) in [5, 5.41) is 6.06. The third-order valence-electron chi connectivity index (χ3n) is 4.33. The third-order valence-corrected chi connectivity index (χ3v) is 5.27. The average molecular weight is 329 g/mol. The molecule has 4 nitrogen and oxygen atoms in total. The molecule has 1 aromatic carbocycles. The SMILES string of the molecule is Cc1ccc(-c2nc(CC(=O)NC3CCC(N)CC3)cs2)cc1. The van der Waals surface area contributed by atoms with Gasteiger partial charge in [-0.1, -0.05) is 29.8 Å². The van der Waals surface area contributed by atoms with Crippen molar-refractivity contribution < 1.29 is 4.79 Å². The molecule has 122 valence electrons. The molecule has 1 aliphatic rings. The van der Waals surface area contributed by atoms with Crippen molar-refractivity contribution in [3.8, 4) is 10.6 Å². The molecule has 0 unspecified atom stereocenters. The number of benzene rings is 1. The summed E-state index contributed by atoms with van der Waals surface area (Å²) >= 11 is 1.59. The van der Waals surface area contributed by atoms with Crippen LogP contribution in [0.1, 0.15) is 36.9 Å². The number of hydrogen-bond acceptors (Lipinski definition) is 4. The Bertz CT molecular complexity index is 657. The Morgan fingerprint density at radius 2 is 1.96 bits per heavy atom. The van der Waals surface area contributed by atoms with E-state index in [2.05, 4.69) is 41.5 Å². The maximum absolute atomic E-state index is 12.2. The zero-order chi connectivity index (χ0) is 16.2. The van der Waals surface area contributed by atoms with Gasteiger partial charge in [-0.05, 0) is 32.6 Å². The molecule has 0 aliphatic heterocycles. The Kier molecular flexibility index (Phi) is 5.08. The lowest BCUT2D eigenvalue weighted by atomic mass is 9.92. The molecule has 2 aromatic rings. The third kappa shape index (κ3) is 4.39. The summed E-state index contributed by atoms with van der Waals surface area (Å²) in [6.07, 6.45) is 4.32. The maximum atomic E-state index is 12.2. The molecule has 1 amide bonds. The number of nitrogens with one attached hydrogen (secondary N) is 1. The van der Waals surface area contributed by atoms with Crippen molar-refractivity contribution in [1.82, 2.24) is 10.3 Å². The number of nitrogens with two attached hydrogens (primary N) is 1. The van der Waals surface area contributed by atoms with E-state index in [1.807, 2.05) is 5.38 Å². The zero-order valence-electron chi connectivity index (χ0n) is 13.4. The van der Waals surface area contributed by atoms with Crippen molar-refractivity contribution in [3.05, 3.63) is 40.9 Å². The second-order valence-corrected chi connectivity index (χ2v) is 7.22. The molecule has 0 radical (unpaired) electrons. The highest BCUT2D eigenvalue weighted by Gasteiger charge is 2.20. The first-order valence-electron chi connectivity index (χ1n) is 8.16. The summed E-state index contributed by atoms with van der Waals surface area (Å²) in [5.74, 6) is 0.0613. The highest BCUT2D eigenvalue weighted by molar-refractivity contribution is 7.13. The Labute approximate surface area is 141 Å². The second-order valence-electron chi connectivity index (χ2n) is 6.37. The van der Waals surface area contributed by atoms with Crippen LogP contribution in [0, 0.1) is 6.92 Å². The Morgan fingerprint density at radius 1 is 1.26 bits per heavy atom. The molecule has 0 bridgehead atoms. The van der Waals surface area contributed by atoms with Crippen molar-refractivity contribution in [2.45, 2.75) is 51.1 Å². The van der Waals surface area contributed by atoms with Crippen LogP contribution in [-0.4, -0.2) is 23.0 Å². The van der Waals surface area contributed by atoms with Crippen LogP contribution < -0.4 is 11.1 Å². The van der Waals surface area contributed by atoms with Gasteiger partial charge in [0.15, 0.2) is 0 Å². The first-order chi connectivity index (χ1) is 11.1. The van der Waals surface area contributed by atoms with Gasteiger partial charge in [0.1, 0.15) is 5.01 Å². The van der Waals surface area contributed by atoms with Gasteiger partial charge in [-0.25, -0.2) is 4.98 Å². The van der Waals surface area contributed by atoms with E-state index in [9.17, 15) is 4.79 Å². The van der Waals surface area contributed by atoms with Gasteiger partial charge in [0.2, 0.25) is 5.91 Å². The van der Waals surface area contributed by atoms with Gasteiger partial charge < -0.3 is 11.1 Å². The molecule has 1 saturated carbocycles. The minimum atomic E-state index is 0.0613. The topological polar surface area (TPSA) is 68.0 Å². The van der Waals surface area contributed by atoms with Gasteiger partial charge >= 0.3 is 0 Å². The summed E-state index contributed by atoms with van der Waals surface area (Å²) in [4.78, 5) is 16.8. The molecular formula is C18H23N3OS. The van der Waals surface area contributed by atoms with E-state index in [-0.39, 0.29) is 11.9 Å². The Balaban J connectivity index is 1.56. The summed E-state index contributed by atoms with van der Waals surface area (Å²) in [6.45, 7) is 2.07. The van der Waals surface area contributed by atoms with Gasteiger partial charge in [-0.3, -0.25) is 4.79 Å². The minimum Gasteiger partial charge on any atom is -0.353 e. The monoisotopic (exact) mass is 329 g/mol. The van der Waals surface area contributed by atoms with Crippen LogP contribution in [0.25, 0.3) is 10.6 Å².